The van der Waals surface area contributed by atoms with Crippen LogP contribution in [0.1, 0.15) is 134 Å². The molecule has 0 radical (unpaired) electrons. The molecule has 0 unspecified atom stereocenters. The van der Waals surface area contributed by atoms with Crippen molar-refractivity contribution in [2.75, 3.05) is 6.61 Å². The van der Waals surface area contributed by atoms with Crippen LogP contribution in [0.15, 0.2) is 24.3 Å². The molecule has 0 aliphatic heterocycles. The van der Waals surface area contributed by atoms with Gasteiger partial charge in [-0.3, -0.25) is 0 Å². The highest BCUT2D eigenvalue weighted by molar-refractivity contribution is 5.87. The molecule has 1 rings (SSSR count). The van der Waals surface area contributed by atoms with Gasteiger partial charge < -0.3 is 14.9 Å². The van der Waals surface area contributed by atoms with Gasteiger partial charge in [-0.1, -0.05) is 129 Å². The summed E-state index contributed by atoms with van der Waals surface area (Å²) in [5, 5.41) is 18.7. The first kappa shape index (κ1) is 30.1. The molecular weight excluding hydrogens is 424 g/mol. The molecule has 4 heteroatoms. The van der Waals surface area contributed by atoms with Gasteiger partial charge in [-0.15, -0.1) is 0 Å². The van der Waals surface area contributed by atoms with Gasteiger partial charge in [0.1, 0.15) is 0 Å². The Labute approximate surface area is 208 Å². The number of ether oxygens (including phenoxy) is 1. The summed E-state index contributed by atoms with van der Waals surface area (Å²) in [4.78, 5) is 11.7. The summed E-state index contributed by atoms with van der Waals surface area (Å²) in [5.74, 6) is -0.761. The van der Waals surface area contributed by atoms with Crippen LogP contribution >= 0.6 is 0 Å². The predicted molar refractivity (Wildman–Crippen MR) is 143 cm³/mol. The topological polar surface area (TPSA) is 66.8 Å². The lowest BCUT2D eigenvalue weighted by molar-refractivity contribution is -0.137. The number of aromatic hydroxyl groups is 2. The van der Waals surface area contributed by atoms with Crippen molar-refractivity contribution in [2.45, 2.75) is 129 Å². The molecule has 1 aromatic rings. The van der Waals surface area contributed by atoms with Gasteiger partial charge in [0, 0.05) is 6.08 Å². The van der Waals surface area contributed by atoms with E-state index in [0.29, 0.717) is 12.2 Å². The smallest absolute Gasteiger partial charge is 0.330 e. The Hall–Kier alpha value is -1.97. The number of unbranched alkanes of at least 4 members (excludes halogenated alkanes) is 18. The molecule has 0 aliphatic rings. The molecule has 0 saturated carbocycles. The average molecular weight is 475 g/mol. The molecule has 0 heterocycles. The lowest BCUT2D eigenvalue weighted by atomic mass is 10.0. The van der Waals surface area contributed by atoms with E-state index in [-0.39, 0.29) is 17.5 Å². The molecule has 0 atom stereocenters. The molecule has 2 N–H and O–H groups in total. The number of esters is 1. The molecular formula is C30H50O4. The maximum atomic E-state index is 11.7. The van der Waals surface area contributed by atoms with Crippen molar-refractivity contribution >= 4 is 12.0 Å². The summed E-state index contributed by atoms with van der Waals surface area (Å²) in [6.07, 6.45) is 28.5. The highest BCUT2D eigenvalue weighted by Gasteiger charge is 2.01. The summed E-state index contributed by atoms with van der Waals surface area (Å²) in [5.41, 5.74) is 0.635. The Morgan fingerprint density at radius 3 is 1.56 bits per heavy atom. The van der Waals surface area contributed by atoms with E-state index in [0.717, 1.165) is 12.8 Å². The van der Waals surface area contributed by atoms with Crippen molar-refractivity contribution in [3.8, 4) is 11.5 Å². The first-order valence-electron chi connectivity index (χ1n) is 14.0. The van der Waals surface area contributed by atoms with E-state index < -0.39 is 0 Å². The summed E-state index contributed by atoms with van der Waals surface area (Å²) < 4.78 is 5.21. The van der Waals surface area contributed by atoms with Gasteiger partial charge in [0.15, 0.2) is 11.5 Å². The lowest BCUT2D eigenvalue weighted by Gasteiger charge is -2.04. The number of phenolic OH excluding ortho intramolecular Hbond substituents is 2. The summed E-state index contributed by atoms with van der Waals surface area (Å²) in [7, 11) is 0. The van der Waals surface area contributed by atoms with Crippen LogP contribution in [0, 0.1) is 0 Å². The van der Waals surface area contributed by atoms with E-state index >= 15 is 0 Å². The molecule has 34 heavy (non-hydrogen) atoms. The summed E-state index contributed by atoms with van der Waals surface area (Å²) in [6.45, 7) is 2.73. The minimum absolute atomic E-state index is 0.177. The number of phenols is 2. The standard InChI is InChI=1S/C30H50O4/c1-2-3-4-5-6-7-8-9-10-11-12-13-14-15-16-17-18-19-20-25-34-30(33)24-22-27-21-23-28(31)29(32)26-27/h21-24,26,31-32H,2-20,25H2,1H3. The Morgan fingerprint density at radius 2 is 1.12 bits per heavy atom. The number of hydrogen-bond donors (Lipinski definition) is 2. The Bertz CT molecular complexity index is 653. The lowest BCUT2D eigenvalue weighted by Crippen LogP contribution is -2.02. The molecule has 0 aromatic heterocycles. The second-order valence-electron chi connectivity index (χ2n) is 9.61. The van der Waals surface area contributed by atoms with Crippen molar-refractivity contribution in [3.63, 3.8) is 0 Å². The zero-order valence-corrected chi connectivity index (χ0v) is 21.7. The van der Waals surface area contributed by atoms with Crippen molar-refractivity contribution in [1.82, 2.24) is 0 Å². The maximum absolute atomic E-state index is 11.7. The van der Waals surface area contributed by atoms with E-state index in [9.17, 15) is 15.0 Å². The van der Waals surface area contributed by atoms with Crippen molar-refractivity contribution in [3.05, 3.63) is 29.8 Å². The van der Waals surface area contributed by atoms with Crippen molar-refractivity contribution in [1.29, 1.82) is 0 Å². The van der Waals surface area contributed by atoms with Crippen LogP contribution in [-0.4, -0.2) is 22.8 Å². The summed E-state index contributed by atoms with van der Waals surface area (Å²) >= 11 is 0. The van der Waals surface area contributed by atoms with Gasteiger partial charge in [0.2, 0.25) is 0 Å². The largest absolute Gasteiger partial charge is 0.504 e. The number of carbonyl (C=O) groups is 1. The van der Waals surface area contributed by atoms with E-state index in [1.165, 1.54) is 127 Å². The molecule has 0 amide bonds. The molecule has 0 fully saturated rings. The molecule has 0 bridgehead atoms. The monoisotopic (exact) mass is 474 g/mol. The fourth-order valence-electron chi connectivity index (χ4n) is 4.21. The first-order valence-corrected chi connectivity index (χ1v) is 14.0. The van der Waals surface area contributed by atoms with Gasteiger partial charge in [0.05, 0.1) is 6.61 Å². The second-order valence-corrected chi connectivity index (χ2v) is 9.61. The van der Waals surface area contributed by atoms with E-state index in [1.807, 2.05) is 0 Å². The van der Waals surface area contributed by atoms with Gasteiger partial charge in [-0.05, 0) is 30.2 Å². The van der Waals surface area contributed by atoms with Gasteiger partial charge in [-0.25, -0.2) is 4.79 Å². The molecule has 1 aromatic carbocycles. The Kier molecular flexibility index (Phi) is 19.1. The second kappa shape index (κ2) is 21.6. The number of hydrogen-bond acceptors (Lipinski definition) is 4. The molecule has 0 saturated heterocycles. The van der Waals surface area contributed by atoms with Crippen LogP contribution in [0.2, 0.25) is 0 Å². The fraction of sp³-hybridized carbons (Fsp3) is 0.700. The highest BCUT2D eigenvalue weighted by atomic mass is 16.5. The van der Waals surface area contributed by atoms with Crippen LogP contribution in [0.3, 0.4) is 0 Å². The summed E-state index contributed by atoms with van der Waals surface area (Å²) in [6, 6.07) is 4.41. The van der Waals surface area contributed by atoms with Crippen LogP contribution in [0.4, 0.5) is 0 Å². The van der Waals surface area contributed by atoms with Crippen LogP contribution < -0.4 is 0 Å². The zero-order valence-electron chi connectivity index (χ0n) is 21.7. The van der Waals surface area contributed by atoms with Crippen molar-refractivity contribution in [2.24, 2.45) is 0 Å². The Balaban J connectivity index is 1.80. The minimum atomic E-state index is -0.380. The zero-order chi connectivity index (χ0) is 24.7. The third kappa shape index (κ3) is 17.5. The number of rotatable bonds is 22. The number of carbonyl (C=O) groups excluding carboxylic acids is 1. The van der Waals surface area contributed by atoms with Crippen LogP contribution in [0.25, 0.3) is 6.08 Å². The molecule has 4 nitrogen and oxygen atoms in total. The van der Waals surface area contributed by atoms with Crippen molar-refractivity contribution < 1.29 is 19.7 Å². The average Bonchev–Trinajstić information content (AvgIpc) is 2.83. The number of benzene rings is 1. The third-order valence-corrected chi connectivity index (χ3v) is 6.40. The first-order chi connectivity index (χ1) is 16.6. The normalized spacial score (nSPS) is 11.3. The molecule has 0 spiro atoms. The minimum Gasteiger partial charge on any atom is -0.504 e. The van der Waals surface area contributed by atoms with Crippen LogP contribution in [-0.2, 0) is 9.53 Å². The van der Waals surface area contributed by atoms with Crippen LogP contribution in [0.5, 0.6) is 11.5 Å². The van der Waals surface area contributed by atoms with Gasteiger partial charge in [-0.2, -0.15) is 0 Å². The third-order valence-electron chi connectivity index (χ3n) is 6.40. The highest BCUT2D eigenvalue weighted by Crippen LogP contribution is 2.25. The predicted octanol–water partition coefficient (Wildman–Crippen LogP) is 9.09. The van der Waals surface area contributed by atoms with E-state index in [1.54, 1.807) is 12.1 Å². The Morgan fingerprint density at radius 1 is 0.676 bits per heavy atom. The maximum Gasteiger partial charge on any atom is 0.330 e. The molecule has 0 aliphatic carbocycles. The fourth-order valence-corrected chi connectivity index (χ4v) is 4.21. The SMILES string of the molecule is CCCCCCCCCCCCCCCCCCCCCOC(=O)C=Cc1ccc(O)c(O)c1. The van der Waals surface area contributed by atoms with Gasteiger partial charge in [0.25, 0.3) is 0 Å². The van der Waals surface area contributed by atoms with Gasteiger partial charge >= 0.3 is 5.97 Å². The quantitative estimate of drug-likeness (QED) is 0.0761. The van der Waals surface area contributed by atoms with E-state index in [2.05, 4.69) is 6.92 Å². The molecule has 194 valence electrons. The van der Waals surface area contributed by atoms with E-state index in [4.69, 9.17) is 4.74 Å².